The molecule has 1 unspecified atom stereocenters. The van der Waals surface area contributed by atoms with Gasteiger partial charge in [-0.3, -0.25) is 0 Å². The smallest absolute Gasteiger partial charge is 0.319 e. The quantitative estimate of drug-likeness (QED) is 0.596. The van der Waals surface area contributed by atoms with Crippen LogP contribution in [0.3, 0.4) is 0 Å². The number of amides is 2. The molecule has 1 aromatic carbocycles. The monoisotopic (exact) mass is 368 g/mol. The Balaban J connectivity index is 2.55. The Labute approximate surface area is 143 Å². The van der Waals surface area contributed by atoms with E-state index < -0.39 is 0 Å². The number of hydrogen-bond acceptors (Lipinski definition) is 1. The summed E-state index contributed by atoms with van der Waals surface area (Å²) in [6.07, 6.45) is 4.47. The van der Waals surface area contributed by atoms with Crippen molar-refractivity contribution in [2.75, 3.05) is 5.32 Å². The minimum absolute atomic E-state index is 0.114. The largest absolute Gasteiger partial charge is 0.335 e. The van der Waals surface area contributed by atoms with Gasteiger partial charge in [0.25, 0.3) is 0 Å². The van der Waals surface area contributed by atoms with E-state index in [0.29, 0.717) is 11.8 Å². The predicted octanol–water partition coefficient (Wildman–Crippen LogP) is 5.81. The van der Waals surface area contributed by atoms with E-state index in [0.717, 1.165) is 23.0 Å². The van der Waals surface area contributed by atoms with Gasteiger partial charge in [-0.25, -0.2) is 4.79 Å². The summed E-state index contributed by atoms with van der Waals surface area (Å²) in [5.41, 5.74) is 0.811. The van der Waals surface area contributed by atoms with Crippen molar-refractivity contribution >= 4 is 27.6 Å². The van der Waals surface area contributed by atoms with Crippen LogP contribution >= 0.6 is 15.9 Å². The molecule has 2 atom stereocenters. The summed E-state index contributed by atoms with van der Waals surface area (Å²) in [4.78, 5) is 12.2. The zero-order valence-electron chi connectivity index (χ0n) is 14.2. The topological polar surface area (TPSA) is 41.1 Å². The molecule has 22 heavy (non-hydrogen) atoms. The lowest BCUT2D eigenvalue weighted by Gasteiger charge is -2.24. The van der Waals surface area contributed by atoms with Crippen LogP contribution < -0.4 is 10.6 Å². The molecule has 0 spiro atoms. The Kier molecular flexibility index (Phi) is 8.54. The Morgan fingerprint density at radius 2 is 1.77 bits per heavy atom. The minimum Gasteiger partial charge on any atom is -0.335 e. The second-order valence-electron chi connectivity index (χ2n) is 6.56. The summed E-state index contributed by atoms with van der Waals surface area (Å²) < 4.78 is 1.00. The number of benzene rings is 1. The summed E-state index contributed by atoms with van der Waals surface area (Å²) in [6, 6.07) is 7.74. The summed E-state index contributed by atoms with van der Waals surface area (Å²) in [7, 11) is 0. The third-order valence-electron chi connectivity index (χ3n) is 3.66. The van der Waals surface area contributed by atoms with Gasteiger partial charge in [0.15, 0.2) is 0 Å². The highest BCUT2D eigenvalue weighted by molar-refractivity contribution is 9.10. The lowest BCUT2D eigenvalue weighted by molar-refractivity contribution is 0.242. The fourth-order valence-corrected chi connectivity index (χ4v) is 3.03. The van der Waals surface area contributed by atoms with Gasteiger partial charge in [0.05, 0.1) is 0 Å². The zero-order chi connectivity index (χ0) is 16.5. The van der Waals surface area contributed by atoms with Crippen molar-refractivity contribution in [2.24, 2.45) is 11.8 Å². The van der Waals surface area contributed by atoms with Gasteiger partial charge in [-0.1, -0.05) is 56.5 Å². The number of anilines is 1. The number of urea groups is 1. The lowest BCUT2D eigenvalue weighted by atomic mass is 9.92. The minimum atomic E-state index is -0.114. The molecule has 1 rings (SSSR count). The number of halogens is 1. The molecule has 0 aliphatic heterocycles. The summed E-state index contributed by atoms with van der Waals surface area (Å²) in [5, 5.41) is 6.05. The van der Waals surface area contributed by atoms with Crippen molar-refractivity contribution in [1.82, 2.24) is 5.32 Å². The Hall–Kier alpha value is -1.03. The van der Waals surface area contributed by atoms with Crippen molar-refractivity contribution in [2.45, 2.75) is 59.4 Å². The van der Waals surface area contributed by atoms with E-state index in [1.165, 1.54) is 12.8 Å². The van der Waals surface area contributed by atoms with Crippen LogP contribution in [0.1, 0.15) is 53.4 Å². The van der Waals surface area contributed by atoms with Gasteiger partial charge in [0.1, 0.15) is 0 Å². The standard InChI is InChI=1S/C18H29BrN2O/c1-5-6-14(4)12-17(11-13(2)3)21-18(22)20-16-9-7-15(19)8-10-16/h7-10,13-14,17H,5-6,11-12H2,1-4H3,(H2,20,21,22)/t14?,17-/m1/s1. The summed E-state index contributed by atoms with van der Waals surface area (Å²) in [5.74, 6) is 1.22. The molecule has 4 heteroatoms. The van der Waals surface area contributed by atoms with E-state index in [2.05, 4.69) is 54.3 Å². The van der Waals surface area contributed by atoms with E-state index in [1.54, 1.807) is 0 Å². The number of carbonyl (C=O) groups is 1. The number of carbonyl (C=O) groups excluding carboxylic acids is 1. The van der Waals surface area contributed by atoms with E-state index in [1.807, 2.05) is 24.3 Å². The van der Waals surface area contributed by atoms with Crippen molar-refractivity contribution in [3.05, 3.63) is 28.7 Å². The van der Waals surface area contributed by atoms with E-state index >= 15 is 0 Å². The normalized spacial score (nSPS) is 13.7. The van der Waals surface area contributed by atoms with E-state index in [9.17, 15) is 4.79 Å². The second kappa shape index (κ2) is 9.88. The van der Waals surface area contributed by atoms with E-state index in [4.69, 9.17) is 0 Å². The van der Waals surface area contributed by atoms with Gasteiger partial charge in [-0.05, 0) is 48.9 Å². The number of nitrogens with one attached hydrogen (secondary N) is 2. The van der Waals surface area contributed by atoms with Crippen LogP contribution in [-0.2, 0) is 0 Å². The molecule has 124 valence electrons. The summed E-state index contributed by atoms with van der Waals surface area (Å²) >= 11 is 3.39. The zero-order valence-corrected chi connectivity index (χ0v) is 15.7. The van der Waals surface area contributed by atoms with Crippen LogP contribution in [0.2, 0.25) is 0 Å². The number of hydrogen-bond donors (Lipinski definition) is 2. The van der Waals surface area contributed by atoms with Crippen molar-refractivity contribution in [3.8, 4) is 0 Å². The molecular weight excluding hydrogens is 340 g/mol. The molecule has 0 saturated heterocycles. The fourth-order valence-electron chi connectivity index (χ4n) is 2.77. The van der Waals surface area contributed by atoms with Crippen LogP contribution in [0.15, 0.2) is 28.7 Å². The maximum absolute atomic E-state index is 12.2. The molecule has 0 fully saturated rings. The van der Waals surface area contributed by atoms with Crippen molar-refractivity contribution < 1.29 is 4.79 Å². The maximum atomic E-state index is 12.2. The Morgan fingerprint density at radius 1 is 1.14 bits per heavy atom. The second-order valence-corrected chi connectivity index (χ2v) is 7.48. The third-order valence-corrected chi connectivity index (χ3v) is 4.19. The molecule has 0 radical (unpaired) electrons. The first-order chi connectivity index (χ1) is 10.4. The van der Waals surface area contributed by atoms with Gasteiger partial charge in [-0.15, -0.1) is 0 Å². The molecule has 2 N–H and O–H groups in total. The molecule has 0 aliphatic rings. The number of rotatable bonds is 8. The van der Waals surface area contributed by atoms with Crippen molar-refractivity contribution in [1.29, 1.82) is 0 Å². The molecule has 0 aromatic heterocycles. The van der Waals surface area contributed by atoms with Crippen molar-refractivity contribution in [3.63, 3.8) is 0 Å². The van der Waals surface area contributed by atoms with Crippen LogP contribution in [-0.4, -0.2) is 12.1 Å². The van der Waals surface area contributed by atoms with Gasteiger partial charge >= 0.3 is 6.03 Å². The lowest BCUT2D eigenvalue weighted by Crippen LogP contribution is -2.39. The maximum Gasteiger partial charge on any atom is 0.319 e. The SMILES string of the molecule is CCCC(C)C[C@@H](CC(C)C)NC(=O)Nc1ccc(Br)cc1. The molecule has 3 nitrogen and oxygen atoms in total. The predicted molar refractivity (Wildman–Crippen MR) is 98.2 cm³/mol. The molecule has 0 heterocycles. The molecule has 0 saturated carbocycles. The third kappa shape index (κ3) is 7.83. The first-order valence-electron chi connectivity index (χ1n) is 8.23. The van der Waals surface area contributed by atoms with Crippen LogP contribution in [0, 0.1) is 11.8 Å². The Bertz CT molecular complexity index is 445. The molecule has 1 aromatic rings. The summed E-state index contributed by atoms with van der Waals surface area (Å²) in [6.45, 7) is 8.88. The highest BCUT2D eigenvalue weighted by atomic mass is 79.9. The highest BCUT2D eigenvalue weighted by Crippen LogP contribution is 2.18. The van der Waals surface area contributed by atoms with Crippen LogP contribution in [0.25, 0.3) is 0 Å². The average molecular weight is 369 g/mol. The first kappa shape index (κ1) is 19.0. The van der Waals surface area contributed by atoms with E-state index in [-0.39, 0.29) is 12.1 Å². The molecule has 0 bridgehead atoms. The Morgan fingerprint density at radius 3 is 2.32 bits per heavy atom. The fraction of sp³-hybridized carbons (Fsp3) is 0.611. The van der Waals surface area contributed by atoms with Gasteiger partial charge in [0, 0.05) is 16.2 Å². The van der Waals surface area contributed by atoms with Gasteiger partial charge in [0.2, 0.25) is 0 Å². The van der Waals surface area contributed by atoms with Crippen LogP contribution in [0.5, 0.6) is 0 Å². The first-order valence-corrected chi connectivity index (χ1v) is 9.03. The van der Waals surface area contributed by atoms with Gasteiger partial charge in [-0.2, -0.15) is 0 Å². The highest BCUT2D eigenvalue weighted by Gasteiger charge is 2.17. The molecule has 2 amide bonds. The molecular formula is C18H29BrN2O. The van der Waals surface area contributed by atoms with Gasteiger partial charge < -0.3 is 10.6 Å². The average Bonchev–Trinajstić information content (AvgIpc) is 2.40. The molecule has 0 aliphatic carbocycles. The van der Waals surface area contributed by atoms with Crippen LogP contribution in [0.4, 0.5) is 10.5 Å².